The molecule has 3 aromatic rings. The molecule has 2 N–H and O–H groups in total. The van der Waals surface area contributed by atoms with Crippen LogP contribution >= 0.6 is 0 Å². The summed E-state index contributed by atoms with van der Waals surface area (Å²) in [6.07, 6.45) is 0. The first-order valence-electron chi connectivity index (χ1n) is 10.7. The Morgan fingerprint density at radius 1 is 1.03 bits per heavy atom. The largest absolute Gasteiger partial charge is 0.495 e. The molecule has 0 atom stereocenters. The second-order valence-electron chi connectivity index (χ2n) is 7.57. The lowest BCUT2D eigenvalue weighted by Gasteiger charge is -2.19. The van der Waals surface area contributed by atoms with Gasteiger partial charge in [-0.2, -0.15) is 4.31 Å². The number of hydrogen-bond donors (Lipinski definition) is 2. The highest BCUT2D eigenvalue weighted by Gasteiger charge is 2.26. The van der Waals surface area contributed by atoms with Crippen LogP contribution in [0.25, 0.3) is 0 Å². The third-order valence-corrected chi connectivity index (χ3v) is 7.01. The minimum atomic E-state index is -3.96. The molecule has 0 aromatic heterocycles. The molecule has 1 amide bonds. The van der Waals surface area contributed by atoms with Crippen molar-refractivity contribution in [3.63, 3.8) is 0 Å². The molecule has 0 unspecified atom stereocenters. The zero-order chi connectivity index (χ0) is 25.4. The SMILES string of the molecule is COc1ccc(C(=O)NCCNc2ccccc2[N+](=O)[O-])cc1S(=O)(=O)N(C)Cc1ccccc1. The van der Waals surface area contributed by atoms with E-state index >= 15 is 0 Å². The zero-order valence-corrected chi connectivity index (χ0v) is 20.1. The number of nitro benzene ring substituents is 1. The highest BCUT2D eigenvalue weighted by molar-refractivity contribution is 7.89. The van der Waals surface area contributed by atoms with E-state index in [2.05, 4.69) is 10.6 Å². The Labute approximate surface area is 203 Å². The van der Waals surface area contributed by atoms with E-state index in [-0.39, 0.29) is 41.5 Å². The van der Waals surface area contributed by atoms with Gasteiger partial charge < -0.3 is 15.4 Å². The lowest BCUT2D eigenvalue weighted by molar-refractivity contribution is -0.384. The zero-order valence-electron chi connectivity index (χ0n) is 19.3. The van der Waals surface area contributed by atoms with Crippen molar-refractivity contribution in [3.05, 3.63) is 94.0 Å². The molecule has 0 saturated heterocycles. The van der Waals surface area contributed by atoms with Gasteiger partial charge >= 0.3 is 0 Å². The number of hydrogen-bond acceptors (Lipinski definition) is 7. The molecule has 0 spiro atoms. The summed E-state index contributed by atoms with van der Waals surface area (Å²) in [6, 6.07) is 19.5. The summed E-state index contributed by atoms with van der Waals surface area (Å²) in [6.45, 7) is 0.546. The molecule has 3 aromatic carbocycles. The summed E-state index contributed by atoms with van der Waals surface area (Å²) in [5.74, 6) is -0.362. The van der Waals surface area contributed by atoms with Crippen LogP contribution in [-0.2, 0) is 16.6 Å². The third-order valence-electron chi connectivity index (χ3n) is 5.19. The fourth-order valence-electron chi connectivity index (χ4n) is 3.37. The lowest BCUT2D eigenvalue weighted by Crippen LogP contribution is -2.30. The second kappa shape index (κ2) is 11.4. The highest BCUT2D eigenvalue weighted by atomic mass is 32.2. The van der Waals surface area contributed by atoms with Crippen LogP contribution in [0.2, 0.25) is 0 Å². The first-order chi connectivity index (χ1) is 16.7. The quantitative estimate of drug-likeness (QED) is 0.236. The van der Waals surface area contributed by atoms with Gasteiger partial charge in [-0.25, -0.2) is 8.42 Å². The summed E-state index contributed by atoms with van der Waals surface area (Å²) < 4.78 is 32.9. The Bertz CT molecular complexity index is 1300. The highest BCUT2D eigenvalue weighted by Crippen LogP contribution is 2.28. The van der Waals surface area contributed by atoms with Gasteiger partial charge in [-0.1, -0.05) is 42.5 Å². The molecule has 184 valence electrons. The van der Waals surface area contributed by atoms with Gasteiger partial charge in [-0.15, -0.1) is 0 Å². The Balaban J connectivity index is 1.69. The van der Waals surface area contributed by atoms with Crippen LogP contribution in [0.3, 0.4) is 0 Å². The number of methoxy groups -OCH3 is 1. The minimum Gasteiger partial charge on any atom is -0.495 e. The number of sulfonamides is 1. The monoisotopic (exact) mass is 498 g/mol. The molecule has 0 radical (unpaired) electrons. The Hall–Kier alpha value is -3.96. The molecule has 0 aliphatic rings. The molecule has 3 rings (SSSR count). The molecule has 11 heteroatoms. The van der Waals surface area contributed by atoms with Crippen molar-refractivity contribution in [1.82, 2.24) is 9.62 Å². The summed E-state index contributed by atoms with van der Waals surface area (Å²) in [4.78, 5) is 23.2. The number of amides is 1. The number of ether oxygens (including phenoxy) is 1. The first kappa shape index (κ1) is 25.7. The van der Waals surface area contributed by atoms with E-state index in [1.807, 2.05) is 30.3 Å². The number of anilines is 1. The number of nitrogens with zero attached hydrogens (tertiary/aromatic N) is 2. The summed E-state index contributed by atoms with van der Waals surface area (Å²) in [7, 11) is -1.14. The summed E-state index contributed by atoms with van der Waals surface area (Å²) in [5.41, 5.74) is 1.23. The van der Waals surface area contributed by atoms with E-state index in [0.29, 0.717) is 5.69 Å². The van der Waals surface area contributed by atoms with Gasteiger partial charge in [0, 0.05) is 38.3 Å². The van der Waals surface area contributed by atoms with Gasteiger partial charge in [-0.3, -0.25) is 14.9 Å². The van der Waals surface area contributed by atoms with Crippen molar-refractivity contribution < 1.29 is 22.9 Å². The predicted molar refractivity (Wildman–Crippen MR) is 132 cm³/mol. The third kappa shape index (κ3) is 6.34. The normalized spacial score (nSPS) is 11.2. The summed E-state index contributed by atoms with van der Waals surface area (Å²) >= 11 is 0. The fraction of sp³-hybridized carbons (Fsp3) is 0.208. The topological polar surface area (TPSA) is 131 Å². The molecule has 0 fully saturated rings. The van der Waals surface area contributed by atoms with Crippen molar-refractivity contribution in [2.24, 2.45) is 0 Å². The average Bonchev–Trinajstić information content (AvgIpc) is 2.86. The van der Waals surface area contributed by atoms with Crippen molar-refractivity contribution in [2.75, 3.05) is 32.6 Å². The standard InChI is InChI=1S/C24H26N4O6S/c1-27(17-18-8-4-3-5-9-18)35(32,33)23-16-19(12-13-22(23)34-2)24(29)26-15-14-25-20-10-6-7-11-21(20)28(30)31/h3-13,16,25H,14-15,17H2,1-2H3,(H,26,29). The second-order valence-corrected chi connectivity index (χ2v) is 9.58. The van der Waals surface area contributed by atoms with Crippen molar-refractivity contribution in [3.8, 4) is 5.75 Å². The van der Waals surface area contributed by atoms with Gasteiger partial charge in [0.15, 0.2) is 0 Å². The number of benzene rings is 3. The number of nitro groups is 1. The molecule has 0 bridgehead atoms. The lowest BCUT2D eigenvalue weighted by atomic mass is 10.2. The molecule has 0 aliphatic carbocycles. The van der Waals surface area contributed by atoms with Crippen LogP contribution in [0.4, 0.5) is 11.4 Å². The van der Waals surface area contributed by atoms with E-state index in [9.17, 15) is 23.3 Å². The van der Waals surface area contributed by atoms with Crippen LogP contribution in [0.5, 0.6) is 5.75 Å². The molecule has 0 heterocycles. The molecule has 10 nitrogen and oxygen atoms in total. The Morgan fingerprint density at radius 2 is 1.71 bits per heavy atom. The van der Waals surface area contributed by atoms with Gasteiger partial charge in [0.25, 0.3) is 11.6 Å². The molecular weight excluding hydrogens is 472 g/mol. The molecule has 35 heavy (non-hydrogen) atoms. The van der Waals surface area contributed by atoms with Gasteiger partial charge in [-0.05, 0) is 29.8 Å². The number of nitrogens with one attached hydrogen (secondary N) is 2. The maximum Gasteiger partial charge on any atom is 0.292 e. The molecule has 0 aliphatic heterocycles. The number of rotatable bonds is 11. The Morgan fingerprint density at radius 3 is 2.40 bits per heavy atom. The van der Waals surface area contributed by atoms with Crippen molar-refractivity contribution in [1.29, 1.82) is 0 Å². The fourth-order valence-corrected chi connectivity index (χ4v) is 4.71. The molecular formula is C24H26N4O6S. The predicted octanol–water partition coefficient (Wildman–Crippen LogP) is 3.27. The number of carbonyl (C=O) groups is 1. The maximum absolute atomic E-state index is 13.2. The van der Waals surface area contributed by atoms with Crippen LogP contribution in [0.15, 0.2) is 77.7 Å². The van der Waals surface area contributed by atoms with Gasteiger partial charge in [0.2, 0.25) is 10.0 Å². The van der Waals surface area contributed by atoms with E-state index in [1.165, 1.54) is 42.7 Å². The van der Waals surface area contributed by atoms with E-state index < -0.39 is 20.9 Å². The summed E-state index contributed by atoms with van der Waals surface area (Å²) in [5, 5.41) is 16.7. The van der Waals surface area contributed by atoms with E-state index in [0.717, 1.165) is 5.56 Å². The average molecular weight is 499 g/mol. The molecule has 0 saturated carbocycles. The maximum atomic E-state index is 13.2. The van der Waals surface area contributed by atoms with Crippen LogP contribution < -0.4 is 15.4 Å². The minimum absolute atomic E-state index is 0.0662. The van der Waals surface area contributed by atoms with Crippen LogP contribution in [-0.4, -0.2) is 50.8 Å². The Kier molecular flexibility index (Phi) is 8.39. The van der Waals surface area contributed by atoms with Crippen LogP contribution in [0.1, 0.15) is 15.9 Å². The van der Waals surface area contributed by atoms with Gasteiger partial charge in [0.1, 0.15) is 16.3 Å². The first-order valence-corrected chi connectivity index (χ1v) is 12.1. The van der Waals surface area contributed by atoms with E-state index in [4.69, 9.17) is 4.74 Å². The number of para-hydroxylation sites is 2. The number of carbonyl (C=O) groups excluding carboxylic acids is 1. The van der Waals surface area contributed by atoms with E-state index in [1.54, 1.807) is 18.2 Å². The smallest absolute Gasteiger partial charge is 0.292 e. The van der Waals surface area contributed by atoms with Gasteiger partial charge in [0.05, 0.1) is 12.0 Å². The van der Waals surface area contributed by atoms with Crippen molar-refractivity contribution in [2.45, 2.75) is 11.4 Å². The van der Waals surface area contributed by atoms with Crippen molar-refractivity contribution >= 4 is 27.3 Å². The van der Waals surface area contributed by atoms with Crippen LogP contribution in [0, 0.1) is 10.1 Å².